The highest BCUT2D eigenvalue weighted by Gasteiger charge is 2.40. The zero-order chi connectivity index (χ0) is 20.3. The summed E-state index contributed by atoms with van der Waals surface area (Å²) in [5.41, 5.74) is 2.28. The summed E-state index contributed by atoms with van der Waals surface area (Å²) in [5, 5.41) is 15.2. The Morgan fingerprint density at radius 1 is 1.14 bits per heavy atom. The minimum Gasteiger partial charge on any atom is -0.393 e. The van der Waals surface area contributed by atoms with Gasteiger partial charge in [0.15, 0.2) is 0 Å². The van der Waals surface area contributed by atoms with Crippen molar-refractivity contribution < 1.29 is 9.90 Å². The molecule has 1 heterocycles. The summed E-state index contributed by atoms with van der Waals surface area (Å²) in [6, 6.07) is 15.5. The number of aryl methyl sites for hydroxylation is 1. The summed E-state index contributed by atoms with van der Waals surface area (Å²) in [6.45, 7) is 3.76. The number of halogens is 2. The summed E-state index contributed by atoms with van der Waals surface area (Å²) in [4.78, 5) is 12.5. The van der Waals surface area contributed by atoms with Crippen molar-refractivity contribution in [3.05, 3.63) is 69.7 Å². The van der Waals surface area contributed by atoms with Gasteiger partial charge in [-0.25, -0.2) is 0 Å². The number of piperidine rings is 1. The maximum absolute atomic E-state index is 12.5. The molecule has 2 N–H and O–H groups in total. The van der Waals surface area contributed by atoms with Gasteiger partial charge in [-0.05, 0) is 61.6 Å². The van der Waals surface area contributed by atoms with Crippen LogP contribution in [0.3, 0.4) is 0 Å². The minimum atomic E-state index is -0.535. The molecule has 0 aliphatic carbocycles. The van der Waals surface area contributed by atoms with Crippen molar-refractivity contribution in [2.75, 3.05) is 0 Å². The van der Waals surface area contributed by atoms with Crippen LogP contribution in [0.1, 0.15) is 43.7 Å². The fourth-order valence-electron chi connectivity index (χ4n) is 4.23. The molecule has 1 amide bonds. The number of aliphatic hydroxyl groups is 1. The van der Waals surface area contributed by atoms with Gasteiger partial charge in [-0.2, -0.15) is 0 Å². The first-order valence-electron chi connectivity index (χ1n) is 9.83. The highest BCUT2D eigenvalue weighted by atomic mass is 35.5. The lowest BCUT2D eigenvalue weighted by atomic mass is 9.72. The zero-order valence-electron chi connectivity index (χ0n) is 16.2. The molecule has 0 spiro atoms. The normalized spacial score (nSPS) is 24.5. The molecule has 1 aliphatic heterocycles. The van der Waals surface area contributed by atoms with Crippen LogP contribution in [0.25, 0.3) is 0 Å². The second-order valence-corrected chi connectivity index (χ2v) is 8.78. The average molecular weight is 420 g/mol. The van der Waals surface area contributed by atoms with Crippen LogP contribution < -0.4 is 5.32 Å². The summed E-state index contributed by atoms with van der Waals surface area (Å²) >= 11 is 12.2. The molecule has 2 aromatic rings. The van der Waals surface area contributed by atoms with Crippen molar-refractivity contribution in [3.63, 3.8) is 0 Å². The van der Waals surface area contributed by atoms with Crippen LogP contribution >= 0.6 is 23.2 Å². The summed E-state index contributed by atoms with van der Waals surface area (Å²) < 4.78 is 0. The van der Waals surface area contributed by atoms with E-state index < -0.39 is 6.10 Å². The van der Waals surface area contributed by atoms with Crippen LogP contribution in [-0.4, -0.2) is 23.2 Å². The lowest BCUT2D eigenvalue weighted by Crippen LogP contribution is -2.53. The molecule has 0 radical (unpaired) electrons. The maximum atomic E-state index is 12.5. The van der Waals surface area contributed by atoms with Crippen molar-refractivity contribution in [2.45, 2.75) is 51.2 Å². The SMILES string of the molecule is C[C@@H]1C[C@H](c2cccc(Cl)c2)[C@@H]([C@H](CCc2ccc(Cl)cc2)[C@H](C)O)NC1=O. The Morgan fingerprint density at radius 3 is 2.50 bits per heavy atom. The van der Waals surface area contributed by atoms with E-state index in [0.29, 0.717) is 10.0 Å². The van der Waals surface area contributed by atoms with E-state index in [1.54, 1.807) is 0 Å². The van der Waals surface area contributed by atoms with Gasteiger partial charge >= 0.3 is 0 Å². The van der Waals surface area contributed by atoms with Gasteiger partial charge < -0.3 is 10.4 Å². The van der Waals surface area contributed by atoms with Crippen LogP contribution in [0.15, 0.2) is 48.5 Å². The van der Waals surface area contributed by atoms with Crippen molar-refractivity contribution >= 4 is 29.1 Å². The molecule has 0 aromatic heterocycles. The van der Waals surface area contributed by atoms with Gasteiger partial charge in [-0.15, -0.1) is 0 Å². The number of hydrogen-bond acceptors (Lipinski definition) is 2. The maximum Gasteiger partial charge on any atom is 0.223 e. The van der Waals surface area contributed by atoms with E-state index >= 15 is 0 Å². The highest BCUT2D eigenvalue weighted by Crippen LogP contribution is 2.37. The van der Waals surface area contributed by atoms with Gasteiger partial charge in [0.25, 0.3) is 0 Å². The number of hydrogen-bond donors (Lipinski definition) is 2. The fraction of sp³-hybridized carbons (Fsp3) is 0.435. The molecule has 1 fully saturated rings. The van der Waals surface area contributed by atoms with Crippen molar-refractivity contribution in [1.29, 1.82) is 0 Å². The van der Waals surface area contributed by atoms with E-state index in [2.05, 4.69) is 11.4 Å². The average Bonchev–Trinajstić information content (AvgIpc) is 2.65. The van der Waals surface area contributed by atoms with E-state index in [4.69, 9.17) is 23.2 Å². The largest absolute Gasteiger partial charge is 0.393 e. The highest BCUT2D eigenvalue weighted by molar-refractivity contribution is 6.30. The van der Waals surface area contributed by atoms with Crippen LogP contribution in [-0.2, 0) is 11.2 Å². The second-order valence-electron chi connectivity index (χ2n) is 7.90. The second kappa shape index (κ2) is 9.30. The molecule has 28 heavy (non-hydrogen) atoms. The van der Waals surface area contributed by atoms with E-state index in [0.717, 1.165) is 24.8 Å². The molecular formula is C23H27Cl2NO2. The molecule has 0 saturated carbocycles. The third-order valence-corrected chi connectivity index (χ3v) is 6.32. The monoisotopic (exact) mass is 419 g/mol. The van der Waals surface area contributed by atoms with Crippen LogP contribution in [0.5, 0.6) is 0 Å². The fourth-order valence-corrected chi connectivity index (χ4v) is 4.56. The zero-order valence-corrected chi connectivity index (χ0v) is 17.8. The molecule has 1 aliphatic rings. The molecular weight excluding hydrogens is 393 g/mol. The Bertz CT molecular complexity index is 807. The molecule has 5 heteroatoms. The predicted octanol–water partition coefficient (Wildman–Crippen LogP) is 5.23. The Morgan fingerprint density at radius 2 is 1.86 bits per heavy atom. The molecule has 150 valence electrons. The topological polar surface area (TPSA) is 49.3 Å². The van der Waals surface area contributed by atoms with Gasteiger partial charge in [0.05, 0.1) is 6.10 Å². The van der Waals surface area contributed by atoms with Crippen LogP contribution in [0, 0.1) is 11.8 Å². The Labute approximate surface area is 177 Å². The quantitative estimate of drug-likeness (QED) is 0.672. The third-order valence-electron chi connectivity index (χ3n) is 5.83. The van der Waals surface area contributed by atoms with Gasteiger partial charge in [0.2, 0.25) is 5.91 Å². The summed E-state index contributed by atoms with van der Waals surface area (Å²) in [7, 11) is 0. The third kappa shape index (κ3) is 5.08. The first-order chi connectivity index (χ1) is 13.3. The van der Waals surface area contributed by atoms with Crippen molar-refractivity contribution in [2.24, 2.45) is 11.8 Å². The molecule has 5 atom stereocenters. The number of carbonyl (C=O) groups is 1. The number of aliphatic hydroxyl groups excluding tert-OH is 1. The molecule has 2 aromatic carbocycles. The van der Waals surface area contributed by atoms with E-state index in [1.165, 1.54) is 5.56 Å². The first kappa shape index (κ1) is 21.2. The lowest BCUT2D eigenvalue weighted by Gasteiger charge is -2.41. The number of nitrogens with one attached hydrogen (secondary N) is 1. The van der Waals surface area contributed by atoms with Gasteiger partial charge in [0.1, 0.15) is 0 Å². The van der Waals surface area contributed by atoms with Crippen LogP contribution in [0.4, 0.5) is 0 Å². The molecule has 3 nitrogen and oxygen atoms in total. The Kier molecular flexibility index (Phi) is 7.03. The lowest BCUT2D eigenvalue weighted by molar-refractivity contribution is -0.129. The Balaban J connectivity index is 1.84. The predicted molar refractivity (Wildman–Crippen MR) is 115 cm³/mol. The van der Waals surface area contributed by atoms with Crippen LogP contribution in [0.2, 0.25) is 10.0 Å². The van der Waals surface area contributed by atoms with E-state index in [1.807, 2.05) is 56.3 Å². The van der Waals surface area contributed by atoms with Gasteiger partial charge in [0, 0.05) is 33.8 Å². The molecule has 1 saturated heterocycles. The Hall–Kier alpha value is -1.55. The van der Waals surface area contributed by atoms with E-state index in [9.17, 15) is 9.90 Å². The number of rotatable bonds is 6. The van der Waals surface area contributed by atoms with Gasteiger partial charge in [-0.3, -0.25) is 4.79 Å². The standard InChI is InChI=1S/C23H27Cl2NO2/c1-14-12-21(17-4-3-5-19(25)13-17)22(26-23(14)28)20(15(2)27)11-8-16-6-9-18(24)10-7-16/h3-7,9-10,13-15,20-22,27H,8,11-12H2,1-2H3,(H,26,28)/t14-,15+,20-,21-,22-/m1/s1. The van der Waals surface area contributed by atoms with E-state index in [-0.39, 0.29) is 29.7 Å². The van der Waals surface area contributed by atoms with Crippen molar-refractivity contribution in [1.82, 2.24) is 5.32 Å². The number of amides is 1. The molecule has 0 bridgehead atoms. The van der Waals surface area contributed by atoms with Gasteiger partial charge in [-0.1, -0.05) is 54.4 Å². The minimum absolute atomic E-state index is 0.0559. The number of carbonyl (C=O) groups excluding carboxylic acids is 1. The van der Waals surface area contributed by atoms with Crippen molar-refractivity contribution in [3.8, 4) is 0 Å². The molecule has 3 rings (SSSR count). The smallest absolute Gasteiger partial charge is 0.223 e. The summed E-state index contributed by atoms with van der Waals surface area (Å²) in [5.74, 6) is 0.0545. The summed E-state index contributed by atoms with van der Waals surface area (Å²) in [6.07, 6.45) is 1.81. The first-order valence-corrected chi connectivity index (χ1v) is 10.6. The molecule has 0 unspecified atom stereocenters. The number of benzene rings is 2.